The third-order valence-corrected chi connectivity index (χ3v) is 6.55. The van der Waals surface area contributed by atoms with E-state index in [-0.39, 0.29) is 11.7 Å². The van der Waals surface area contributed by atoms with E-state index in [4.69, 9.17) is 11.6 Å². The van der Waals surface area contributed by atoms with Crippen LogP contribution in [0.4, 0.5) is 4.39 Å². The highest BCUT2D eigenvalue weighted by Gasteiger charge is 2.23. The van der Waals surface area contributed by atoms with Crippen LogP contribution in [0.5, 0.6) is 0 Å². The van der Waals surface area contributed by atoms with Gasteiger partial charge in [-0.05, 0) is 17.7 Å². The van der Waals surface area contributed by atoms with Gasteiger partial charge in [-0.1, -0.05) is 48.0 Å². The first kappa shape index (κ1) is 21.0. The normalized spacial score (nSPS) is 14.8. The molecule has 1 amide bonds. The Balaban J connectivity index is 1.28. The maximum atomic E-state index is 14.0. The number of benzene rings is 2. The predicted molar refractivity (Wildman–Crippen MR) is 118 cm³/mol. The zero-order valence-electron chi connectivity index (χ0n) is 16.6. The molecule has 0 aliphatic carbocycles. The summed E-state index contributed by atoms with van der Waals surface area (Å²) in [6, 6.07) is 15.0. The minimum atomic E-state index is -0.282. The van der Waals surface area contributed by atoms with Crippen molar-refractivity contribution in [1.82, 2.24) is 14.8 Å². The van der Waals surface area contributed by atoms with Crippen LogP contribution < -0.4 is 0 Å². The van der Waals surface area contributed by atoms with Gasteiger partial charge in [0.1, 0.15) is 5.82 Å². The van der Waals surface area contributed by atoms with Crippen molar-refractivity contribution < 1.29 is 9.18 Å². The van der Waals surface area contributed by atoms with Gasteiger partial charge in [0, 0.05) is 55.1 Å². The second-order valence-electron chi connectivity index (χ2n) is 7.43. The Hall–Kier alpha value is -2.28. The lowest BCUT2D eigenvalue weighted by atomic mass is 10.1. The molecule has 4 rings (SSSR count). The van der Waals surface area contributed by atoms with Crippen molar-refractivity contribution in [3.8, 4) is 0 Å². The van der Waals surface area contributed by atoms with Crippen LogP contribution in [0.3, 0.4) is 0 Å². The second kappa shape index (κ2) is 9.69. The fourth-order valence-corrected chi connectivity index (χ4v) is 4.66. The third-order valence-electron chi connectivity index (χ3n) is 5.30. The summed E-state index contributed by atoms with van der Waals surface area (Å²) in [7, 11) is 0. The van der Waals surface area contributed by atoms with Crippen LogP contribution in [0, 0.1) is 5.82 Å². The van der Waals surface area contributed by atoms with Gasteiger partial charge in [0.2, 0.25) is 5.91 Å². The van der Waals surface area contributed by atoms with Crippen molar-refractivity contribution in [1.29, 1.82) is 0 Å². The SMILES string of the molecule is O=C(Cc1csc(Cc2ccccc2)n1)N1CCN(Cc2c(F)cccc2Cl)CC1. The molecule has 0 radical (unpaired) electrons. The van der Waals surface area contributed by atoms with E-state index in [0.717, 1.165) is 17.1 Å². The van der Waals surface area contributed by atoms with Gasteiger partial charge in [-0.3, -0.25) is 9.69 Å². The number of piperazine rings is 1. The first-order valence-corrected chi connectivity index (χ1v) is 11.2. The van der Waals surface area contributed by atoms with Crippen LogP contribution in [0.1, 0.15) is 21.8 Å². The molecule has 1 aliphatic heterocycles. The molecule has 0 N–H and O–H groups in total. The average Bonchev–Trinajstić information content (AvgIpc) is 3.18. The van der Waals surface area contributed by atoms with E-state index in [0.29, 0.717) is 49.7 Å². The molecule has 1 fully saturated rings. The molecular formula is C23H23ClFN3OS. The van der Waals surface area contributed by atoms with Gasteiger partial charge in [0.05, 0.1) is 17.1 Å². The topological polar surface area (TPSA) is 36.4 Å². The van der Waals surface area contributed by atoms with Gasteiger partial charge in [-0.2, -0.15) is 0 Å². The molecule has 0 saturated carbocycles. The highest BCUT2D eigenvalue weighted by atomic mass is 35.5. The first-order chi connectivity index (χ1) is 14.6. The number of thiazole rings is 1. The van der Waals surface area contributed by atoms with Gasteiger partial charge in [-0.15, -0.1) is 11.3 Å². The van der Waals surface area contributed by atoms with Gasteiger partial charge in [0.15, 0.2) is 0 Å². The van der Waals surface area contributed by atoms with Crippen molar-refractivity contribution in [2.45, 2.75) is 19.4 Å². The van der Waals surface area contributed by atoms with Crippen molar-refractivity contribution in [3.63, 3.8) is 0 Å². The Morgan fingerprint density at radius 2 is 1.83 bits per heavy atom. The van der Waals surface area contributed by atoms with Crippen LogP contribution in [0.15, 0.2) is 53.9 Å². The smallest absolute Gasteiger partial charge is 0.228 e. The lowest BCUT2D eigenvalue weighted by Crippen LogP contribution is -2.48. The van der Waals surface area contributed by atoms with Gasteiger partial charge >= 0.3 is 0 Å². The lowest BCUT2D eigenvalue weighted by molar-refractivity contribution is -0.132. The first-order valence-electron chi connectivity index (χ1n) is 9.99. The number of rotatable bonds is 6. The number of amides is 1. The summed E-state index contributed by atoms with van der Waals surface area (Å²) < 4.78 is 14.0. The van der Waals surface area contributed by atoms with E-state index in [1.54, 1.807) is 23.5 Å². The van der Waals surface area contributed by atoms with Crippen LogP contribution >= 0.6 is 22.9 Å². The van der Waals surface area contributed by atoms with Gasteiger partial charge < -0.3 is 4.90 Å². The molecule has 2 aromatic carbocycles. The molecule has 2 heterocycles. The second-order valence-corrected chi connectivity index (χ2v) is 8.78. The van der Waals surface area contributed by atoms with E-state index in [2.05, 4.69) is 22.0 Å². The van der Waals surface area contributed by atoms with Gasteiger partial charge in [0.25, 0.3) is 0 Å². The molecular weight excluding hydrogens is 421 g/mol. The maximum Gasteiger partial charge on any atom is 0.228 e. The standard InChI is InChI=1S/C23H23ClFN3OS/c24-20-7-4-8-21(25)19(20)15-27-9-11-28(12-10-27)23(29)14-18-16-30-22(26-18)13-17-5-2-1-3-6-17/h1-8,16H,9-15H2. The number of nitrogens with zero attached hydrogens (tertiary/aromatic N) is 3. The Kier molecular flexibility index (Phi) is 6.77. The number of carbonyl (C=O) groups excluding carboxylic acids is 1. The maximum absolute atomic E-state index is 14.0. The highest BCUT2D eigenvalue weighted by molar-refractivity contribution is 7.09. The number of halogens is 2. The molecule has 7 heteroatoms. The summed E-state index contributed by atoms with van der Waals surface area (Å²) in [5.74, 6) is -0.189. The van der Waals surface area contributed by atoms with Crippen LogP contribution in [0.25, 0.3) is 0 Å². The summed E-state index contributed by atoms with van der Waals surface area (Å²) in [4.78, 5) is 21.3. The fraction of sp³-hybridized carbons (Fsp3) is 0.304. The Morgan fingerprint density at radius 3 is 2.57 bits per heavy atom. The minimum Gasteiger partial charge on any atom is -0.340 e. The monoisotopic (exact) mass is 443 g/mol. The van der Waals surface area contributed by atoms with Crippen LogP contribution in [-0.2, 0) is 24.2 Å². The average molecular weight is 444 g/mol. The molecule has 0 spiro atoms. The zero-order valence-corrected chi connectivity index (χ0v) is 18.1. The summed E-state index contributed by atoms with van der Waals surface area (Å²) in [6.45, 7) is 3.12. The van der Waals surface area contributed by atoms with E-state index in [9.17, 15) is 9.18 Å². The molecule has 4 nitrogen and oxygen atoms in total. The third kappa shape index (κ3) is 5.25. The Labute approximate surface area is 184 Å². The van der Waals surface area contributed by atoms with E-state index >= 15 is 0 Å². The predicted octanol–water partition coefficient (Wildman–Crippen LogP) is 4.41. The molecule has 0 unspecified atom stereocenters. The highest BCUT2D eigenvalue weighted by Crippen LogP contribution is 2.22. The number of aromatic nitrogens is 1. The molecule has 1 aromatic heterocycles. The number of hydrogen-bond acceptors (Lipinski definition) is 4. The van der Waals surface area contributed by atoms with Crippen molar-refractivity contribution in [3.05, 3.63) is 86.6 Å². The number of carbonyl (C=O) groups is 1. The molecule has 156 valence electrons. The van der Waals surface area contributed by atoms with Crippen molar-refractivity contribution >= 4 is 28.8 Å². The summed E-state index contributed by atoms with van der Waals surface area (Å²) in [5.41, 5.74) is 2.57. The molecule has 0 atom stereocenters. The van der Waals surface area contributed by atoms with Crippen molar-refractivity contribution in [2.24, 2.45) is 0 Å². The lowest BCUT2D eigenvalue weighted by Gasteiger charge is -2.35. The quantitative estimate of drug-likeness (QED) is 0.566. The molecule has 1 saturated heterocycles. The zero-order chi connectivity index (χ0) is 20.9. The van der Waals surface area contributed by atoms with Crippen molar-refractivity contribution in [2.75, 3.05) is 26.2 Å². The molecule has 30 heavy (non-hydrogen) atoms. The summed E-state index contributed by atoms with van der Waals surface area (Å²) in [5, 5.41) is 3.45. The van der Waals surface area contributed by atoms with E-state index < -0.39 is 0 Å². The molecule has 0 bridgehead atoms. The largest absolute Gasteiger partial charge is 0.340 e. The Morgan fingerprint density at radius 1 is 1.07 bits per heavy atom. The fourth-order valence-electron chi connectivity index (χ4n) is 3.61. The van der Waals surface area contributed by atoms with E-state index in [1.165, 1.54) is 11.6 Å². The molecule has 1 aliphatic rings. The Bertz CT molecular complexity index is 982. The minimum absolute atomic E-state index is 0.0927. The van der Waals surface area contributed by atoms with Gasteiger partial charge in [-0.25, -0.2) is 9.37 Å². The molecule has 3 aromatic rings. The van der Waals surface area contributed by atoms with E-state index in [1.807, 2.05) is 28.5 Å². The number of hydrogen-bond donors (Lipinski definition) is 0. The van der Waals surface area contributed by atoms with Crippen LogP contribution in [0.2, 0.25) is 5.02 Å². The van der Waals surface area contributed by atoms with Crippen LogP contribution in [-0.4, -0.2) is 46.9 Å². The summed E-state index contributed by atoms with van der Waals surface area (Å²) in [6.07, 6.45) is 1.11. The summed E-state index contributed by atoms with van der Waals surface area (Å²) >= 11 is 7.73.